The van der Waals surface area contributed by atoms with Crippen LogP contribution in [0, 0.1) is 12.7 Å². The number of amides is 1. The molecule has 0 atom stereocenters. The molecular formula is C30H38FN3O3. The lowest BCUT2D eigenvalue weighted by atomic mass is 10.1. The Morgan fingerprint density at radius 3 is 2.14 bits per heavy atom. The lowest BCUT2D eigenvalue weighted by Crippen LogP contribution is -2.43. The van der Waals surface area contributed by atoms with E-state index in [2.05, 4.69) is 12.1 Å². The summed E-state index contributed by atoms with van der Waals surface area (Å²) >= 11 is 0. The Labute approximate surface area is 219 Å². The molecule has 4 N–H and O–H groups in total. The van der Waals surface area contributed by atoms with Crippen LogP contribution in [0.25, 0.3) is 0 Å². The van der Waals surface area contributed by atoms with Gasteiger partial charge in [0.25, 0.3) is 0 Å². The molecule has 0 saturated heterocycles. The third-order valence-corrected chi connectivity index (χ3v) is 6.07. The van der Waals surface area contributed by atoms with Gasteiger partial charge < -0.3 is 25.8 Å². The van der Waals surface area contributed by atoms with Gasteiger partial charge in [-0.3, -0.25) is 0 Å². The van der Waals surface area contributed by atoms with Crippen molar-refractivity contribution in [2.24, 2.45) is 0 Å². The van der Waals surface area contributed by atoms with Gasteiger partial charge in [0.15, 0.2) is 11.6 Å². The molecule has 4 rings (SSSR count). The highest BCUT2D eigenvalue weighted by Gasteiger charge is 2.32. The molecular weight excluding hydrogens is 469 g/mol. The smallest absolute Gasteiger partial charge is 0.410 e. The number of nitrogen functional groups attached to an aromatic ring is 2. The third kappa shape index (κ3) is 6.73. The van der Waals surface area contributed by atoms with E-state index in [1.807, 2.05) is 58.9 Å². The molecule has 1 aliphatic rings. The van der Waals surface area contributed by atoms with Crippen molar-refractivity contribution in [2.45, 2.75) is 72.6 Å². The summed E-state index contributed by atoms with van der Waals surface area (Å²) in [6, 6.07) is 17.1. The summed E-state index contributed by atoms with van der Waals surface area (Å²) in [7, 11) is 0. The van der Waals surface area contributed by atoms with Crippen LogP contribution >= 0.6 is 0 Å². The molecule has 0 bridgehead atoms. The molecule has 7 heteroatoms. The number of nitrogens with two attached hydrogens (primary N) is 2. The average molecular weight is 508 g/mol. The van der Waals surface area contributed by atoms with E-state index in [9.17, 15) is 9.18 Å². The second-order valence-electron chi connectivity index (χ2n) is 10.0. The Morgan fingerprint density at radius 2 is 1.59 bits per heavy atom. The van der Waals surface area contributed by atoms with Gasteiger partial charge in [0.05, 0.1) is 11.4 Å². The summed E-state index contributed by atoms with van der Waals surface area (Å²) in [4.78, 5) is 15.0. The van der Waals surface area contributed by atoms with Crippen LogP contribution in [0.3, 0.4) is 0 Å². The van der Waals surface area contributed by atoms with E-state index in [0.29, 0.717) is 17.9 Å². The first-order chi connectivity index (χ1) is 17.5. The lowest BCUT2D eigenvalue weighted by Gasteiger charge is -2.31. The number of nitrogens with zero attached hydrogens (tertiary/aromatic N) is 1. The van der Waals surface area contributed by atoms with Crippen LogP contribution in [0.15, 0.2) is 54.6 Å². The van der Waals surface area contributed by atoms with E-state index in [1.165, 1.54) is 11.1 Å². The van der Waals surface area contributed by atoms with E-state index in [1.54, 1.807) is 30.0 Å². The summed E-state index contributed by atoms with van der Waals surface area (Å²) in [5.74, 6) is -0.177. The number of carbonyl (C=O) groups is 1. The molecule has 3 aromatic rings. The maximum Gasteiger partial charge on any atom is 0.410 e. The SMILES string of the molecule is CC.Cc1cc(N)c(N)c(F)c1Oc1ccc(CN(C(=O)OC(C)(C)C)C2Cc3ccccc3C2)cc1. The van der Waals surface area contributed by atoms with Gasteiger partial charge in [-0.2, -0.15) is 0 Å². The van der Waals surface area contributed by atoms with E-state index < -0.39 is 11.4 Å². The van der Waals surface area contributed by atoms with Crippen LogP contribution in [0.5, 0.6) is 11.5 Å². The largest absolute Gasteiger partial charge is 0.454 e. The number of halogens is 1. The van der Waals surface area contributed by atoms with Gasteiger partial charge in [0.1, 0.15) is 11.4 Å². The van der Waals surface area contributed by atoms with Crippen molar-refractivity contribution in [2.75, 3.05) is 11.5 Å². The highest BCUT2D eigenvalue weighted by atomic mass is 19.1. The summed E-state index contributed by atoms with van der Waals surface area (Å²) < 4.78 is 26.1. The number of hydrogen-bond donors (Lipinski definition) is 2. The van der Waals surface area contributed by atoms with Gasteiger partial charge in [0.2, 0.25) is 0 Å². The van der Waals surface area contributed by atoms with Crippen molar-refractivity contribution in [3.63, 3.8) is 0 Å². The molecule has 1 aliphatic carbocycles. The second-order valence-corrected chi connectivity index (χ2v) is 10.0. The zero-order chi connectivity index (χ0) is 27.3. The zero-order valence-corrected chi connectivity index (χ0v) is 22.6. The highest BCUT2D eigenvalue weighted by molar-refractivity contribution is 5.70. The summed E-state index contributed by atoms with van der Waals surface area (Å²) in [6.07, 6.45) is 1.23. The van der Waals surface area contributed by atoms with Crippen LogP contribution < -0.4 is 16.2 Å². The van der Waals surface area contributed by atoms with Crippen LogP contribution in [-0.2, 0) is 24.1 Å². The number of carbonyl (C=O) groups excluding carboxylic acids is 1. The van der Waals surface area contributed by atoms with Gasteiger partial charge in [0, 0.05) is 12.6 Å². The normalized spacial score (nSPS) is 12.8. The fraction of sp³-hybridized carbons (Fsp3) is 0.367. The Kier molecular flexibility index (Phi) is 8.69. The topological polar surface area (TPSA) is 90.8 Å². The molecule has 0 fully saturated rings. The molecule has 198 valence electrons. The fourth-order valence-corrected chi connectivity index (χ4v) is 4.32. The number of anilines is 2. The number of fused-ring (bicyclic) bond motifs is 1. The first kappa shape index (κ1) is 27.8. The molecule has 0 aliphatic heterocycles. The molecule has 37 heavy (non-hydrogen) atoms. The lowest BCUT2D eigenvalue weighted by molar-refractivity contribution is 0.0148. The minimum atomic E-state index is -0.677. The van der Waals surface area contributed by atoms with E-state index in [4.69, 9.17) is 20.9 Å². The van der Waals surface area contributed by atoms with Gasteiger partial charge in [-0.05, 0) is 81.0 Å². The third-order valence-electron chi connectivity index (χ3n) is 6.07. The Balaban J connectivity index is 0.00000186. The van der Waals surface area contributed by atoms with Crippen molar-refractivity contribution in [1.29, 1.82) is 0 Å². The first-order valence-corrected chi connectivity index (χ1v) is 12.7. The van der Waals surface area contributed by atoms with E-state index >= 15 is 0 Å². The summed E-state index contributed by atoms with van der Waals surface area (Å²) in [5.41, 5.74) is 14.9. The van der Waals surface area contributed by atoms with Crippen LogP contribution in [0.4, 0.5) is 20.6 Å². The second kappa shape index (κ2) is 11.5. The van der Waals surface area contributed by atoms with Gasteiger partial charge in [-0.25, -0.2) is 9.18 Å². The van der Waals surface area contributed by atoms with Crippen molar-refractivity contribution in [1.82, 2.24) is 4.90 Å². The average Bonchev–Trinajstić information content (AvgIpc) is 3.28. The zero-order valence-electron chi connectivity index (χ0n) is 22.6. The molecule has 3 aromatic carbocycles. The van der Waals surface area contributed by atoms with Crippen molar-refractivity contribution < 1.29 is 18.7 Å². The van der Waals surface area contributed by atoms with Crippen LogP contribution in [0.1, 0.15) is 56.9 Å². The maximum atomic E-state index is 14.6. The molecule has 0 heterocycles. The van der Waals surface area contributed by atoms with Crippen molar-refractivity contribution in [3.05, 3.63) is 82.7 Å². The van der Waals surface area contributed by atoms with E-state index in [-0.39, 0.29) is 29.3 Å². The number of benzene rings is 3. The molecule has 0 radical (unpaired) electrons. The number of aryl methyl sites for hydroxylation is 1. The molecule has 0 unspecified atom stereocenters. The highest BCUT2D eigenvalue weighted by Crippen LogP contribution is 2.35. The Bertz CT molecular complexity index is 1210. The molecule has 0 spiro atoms. The molecule has 0 aromatic heterocycles. The number of ether oxygens (including phenoxy) is 2. The van der Waals surface area contributed by atoms with E-state index in [0.717, 1.165) is 18.4 Å². The van der Waals surface area contributed by atoms with Crippen LogP contribution in [0.2, 0.25) is 0 Å². The van der Waals surface area contributed by atoms with Gasteiger partial charge >= 0.3 is 6.09 Å². The van der Waals surface area contributed by atoms with Gasteiger partial charge in [-0.15, -0.1) is 0 Å². The standard InChI is InChI=1S/C28H32FN3O3.C2H6/c1-17-13-23(30)25(31)24(29)26(17)34-22-11-9-18(10-12-22)16-32(27(33)35-28(2,3)4)21-14-19-7-5-6-8-20(19)15-21;1-2/h5-13,21H,14-16,30-31H2,1-4H3;1-2H3. The minimum Gasteiger partial charge on any atom is -0.454 e. The maximum absolute atomic E-state index is 14.6. The molecule has 0 saturated carbocycles. The van der Waals surface area contributed by atoms with Gasteiger partial charge in [-0.1, -0.05) is 50.2 Å². The van der Waals surface area contributed by atoms with Crippen molar-refractivity contribution in [3.8, 4) is 11.5 Å². The number of rotatable bonds is 5. The quantitative estimate of drug-likeness (QED) is 0.362. The number of hydrogen-bond acceptors (Lipinski definition) is 5. The monoisotopic (exact) mass is 507 g/mol. The summed E-state index contributed by atoms with van der Waals surface area (Å²) in [6.45, 7) is 11.7. The predicted molar refractivity (Wildman–Crippen MR) is 147 cm³/mol. The van der Waals surface area contributed by atoms with Crippen LogP contribution in [-0.4, -0.2) is 22.6 Å². The summed E-state index contributed by atoms with van der Waals surface area (Å²) in [5, 5.41) is 0. The minimum absolute atomic E-state index is 0.00711. The molecule has 6 nitrogen and oxygen atoms in total. The first-order valence-electron chi connectivity index (χ1n) is 12.7. The molecule has 1 amide bonds. The van der Waals surface area contributed by atoms with Crippen molar-refractivity contribution >= 4 is 17.5 Å². The Morgan fingerprint density at radius 1 is 1.03 bits per heavy atom. The fourth-order valence-electron chi connectivity index (χ4n) is 4.32. The Hall–Kier alpha value is -3.74. The predicted octanol–water partition coefficient (Wildman–Crippen LogP) is 7.02.